The summed E-state index contributed by atoms with van der Waals surface area (Å²) in [7, 11) is 0. The van der Waals surface area contributed by atoms with E-state index < -0.39 is 11.5 Å². The quantitative estimate of drug-likeness (QED) is 0.894. The Morgan fingerprint density at radius 2 is 2.19 bits per heavy atom. The van der Waals surface area contributed by atoms with E-state index in [1.165, 1.54) is 4.57 Å². The Morgan fingerprint density at radius 3 is 2.86 bits per heavy atom. The summed E-state index contributed by atoms with van der Waals surface area (Å²) in [6, 6.07) is 1.67. The van der Waals surface area contributed by atoms with E-state index in [1.807, 2.05) is 11.5 Å². The maximum atomic E-state index is 12.2. The van der Waals surface area contributed by atoms with Gasteiger partial charge in [-0.1, -0.05) is 0 Å². The van der Waals surface area contributed by atoms with Crippen molar-refractivity contribution in [3.05, 3.63) is 45.4 Å². The summed E-state index contributed by atoms with van der Waals surface area (Å²) in [4.78, 5) is 23.4. The smallest absolute Gasteiger partial charge is 0.341 e. The molecule has 1 aliphatic rings. The molecule has 0 aliphatic carbocycles. The van der Waals surface area contributed by atoms with Gasteiger partial charge < -0.3 is 14.2 Å². The SMILES string of the molecule is Cc1ccn(CC2Cc3nnc(C)n3C2)c(=O)c1C(=O)O. The second kappa shape index (κ2) is 4.83. The molecule has 7 nitrogen and oxygen atoms in total. The first-order valence-electron chi connectivity index (χ1n) is 6.79. The van der Waals surface area contributed by atoms with E-state index in [0.717, 1.165) is 24.6 Å². The lowest BCUT2D eigenvalue weighted by molar-refractivity contribution is 0.0693. The summed E-state index contributed by atoms with van der Waals surface area (Å²) in [5.74, 6) is 0.855. The minimum Gasteiger partial charge on any atom is -0.477 e. The van der Waals surface area contributed by atoms with Gasteiger partial charge >= 0.3 is 5.97 Å². The minimum atomic E-state index is -1.17. The molecule has 0 fully saturated rings. The van der Waals surface area contributed by atoms with Crippen LogP contribution >= 0.6 is 0 Å². The molecule has 1 unspecified atom stereocenters. The first-order chi connectivity index (χ1) is 9.97. The second-order valence-corrected chi connectivity index (χ2v) is 5.48. The third kappa shape index (κ3) is 2.24. The molecule has 0 saturated heterocycles. The van der Waals surface area contributed by atoms with Gasteiger partial charge in [-0.3, -0.25) is 4.79 Å². The maximum absolute atomic E-state index is 12.2. The van der Waals surface area contributed by atoms with Crippen LogP contribution in [0.2, 0.25) is 0 Å². The van der Waals surface area contributed by atoms with E-state index in [4.69, 9.17) is 5.11 Å². The van der Waals surface area contributed by atoms with Crippen LogP contribution in [0.15, 0.2) is 17.1 Å². The van der Waals surface area contributed by atoms with E-state index in [1.54, 1.807) is 19.2 Å². The average molecular weight is 288 g/mol. The Bertz CT molecular complexity index is 775. The molecule has 2 aromatic rings. The summed E-state index contributed by atoms with van der Waals surface area (Å²) >= 11 is 0. The molecule has 0 aromatic carbocycles. The lowest BCUT2D eigenvalue weighted by atomic mass is 10.1. The van der Waals surface area contributed by atoms with E-state index >= 15 is 0 Å². The molecule has 3 rings (SSSR count). The van der Waals surface area contributed by atoms with Crippen LogP contribution < -0.4 is 5.56 Å². The molecule has 0 saturated carbocycles. The van der Waals surface area contributed by atoms with Gasteiger partial charge in [0, 0.05) is 31.6 Å². The normalized spacial score (nSPS) is 17.0. The highest BCUT2D eigenvalue weighted by molar-refractivity contribution is 5.88. The van der Waals surface area contributed by atoms with Crippen molar-refractivity contribution in [1.82, 2.24) is 19.3 Å². The van der Waals surface area contributed by atoms with Crippen molar-refractivity contribution < 1.29 is 9.90 Å². The lowest BCUT2D eigenvalue weighted by Crippen LogP contribution is -2.29. The highest BCUT2D eigenvalue weighted by Crippen LogP contribution is 2.21. The fourth-order valence-electron chi connectivity index (χ4n) is 2.86. The van der Waals surface area contributed by atoms with Gasteiger partial charge in [0.25, 0.3) is 5.56 Å². The third-order valence-electron chi connectivity index (χ3n) is 3.97. The number of rotatable bonds is 3. The first-order valence-corrected chi connectivity index (χ1v) is 6.79. The predicted octanol–water partition coefficient (Wildman–Crippen LogP) is 0.627. The number of nitrogens with zero attached hydrogens (tertiary/aromatic N) is 4. The van der Waals surface area contributed by atoms with Gasteiger partial charge in [-0.2, -0.15) is 0 Å². The number of hydrogen-bond acceptors (Lipinski definition) is 4. The molecule has 0 bridgehead atoms. The second-order valence-electron chi connectivity index (χ2n) is 5.48. The topological polar surface area (TPSA) is 90.0 Å². The van der Waals surface area contributed by atoms with Crippen molar-refractivity contribution >= 4 is 5.97 Å². The molecule has 7 heteroatoms. The number of hydrogen-bond donors (Lipinski definition) is 1. The fraction of sp³-hybridized carbons (Fsp3) is 0.429. The van der Waals surface area contributed by atoms with Crippen molar-refractivity contribution in [2.75, 3.05) is 0 Å². The molecule has 110 valence electrons. The number of fused-ring (bicyclic) bond motifs is 1. The zero-order valence-corrected chi connectivity index (χ0v) is 11.9. The van der Waals surface area contributed by atoms with Crippen molar-refractivity contribution in [3.8, 4) is 0 Å². The van der Waals surface area contributed by atoms with E-state index in [-0.39, 0.29) is 11.5 Å². The molecule has 1 N–H and O–H groups in total. The van der Waals surface area contributed by atoms with Crippen LogP contribution in [0.5, 0.6) is 0 Å². The molecular weight excluding hydrogens is 272 g/mol. The largest absolute Gasteiger partial charge is 0.477 e. The minimum absolute atomic E-state index is 0.147. The van der Waals surface area contributed by atoms with Gasteiger partial charge in [-0.15, -0.1) is 10.2 Å². The highest BCUT2D eigenvalue weighted by Gasteiger charge is 2.26. The molecule has 3 heterocycles. The number of aromatic carboxylic acids is 1. The molecule has 2 aromatic heterocycles. The number of carbonyl (C=O) groups is 1. The molecule has 21 heavy (non-hydrogen) atoms. The summed E-state index contributed by atoms with van der Waals surface area (Å²) in [5, 5.41) is 17.3. The third-order valence-corrected chi connectivity index (χ3v) is 3.97. The number of pyridine rings is 1. The van der Waals surface area contributed by atoms with Crippen LogP contribution in [0, 0.1) is 19.8 Å². The summed E-state index contributed by atoms with van der Waals surface area (Å²) in [5.41, 5.74) is -0.101. The number of carboxylic acids is 1. The molecule has 0 amide bonds. The van der Waals surface area contributed by atoms with Gasteiger partial charge in [-0.05, 0) is 25.5 Å². The van der Waals surface area contributed by atoms with E-state index in [9.17, 15) is 9.59 Å². The fourth-order valence-corrected chi connectivity index (χ4v) is 2.86. The van der Waals surface area contributed by atoms with Crippen LogP contribution in [0.4, 0.5) is 0 Å². The summed E-state index contributed by atoms with van der Waals surface area (Å²) < 4.78 is 3.53. The maximum Gasteiger partial charge on any atom is 0.341 e. The first kappa shape index (κ1) is 13.5. The number of carboxylic acid groups (broad SMARTS) is 1. The van der Waals surface area contributed by atoms with Crippen LogP contribution in [0.3, 0.4) is 0 Å². The lowest BCUT2D eigenvalue weighted by Gasteiger charge is -2.13. The van der Waals surface area contributed by atoms with Crippen molar-refractivity contribution in [2.45, 2.75) is 33.4 Å². The summed E-state index contributed by atoms with van der Waals surface area (Å²) in [6.07, 6.45) is 2.42. The molecular formula is C14H16N4O3. The zero-order valence-electron chi connectivity index (χ0n) is 11.9. The molecule has 1 atom stereocenters. The van der Waals surface area contributed by atoms with Gasteiger partial charge in [0.05, 0.1) is 0 Å². The van der Waals surface area contributed by atoms with Crippen molar-refractivity contribution in [3.63, 3.8) is 0 Å². The number of aryl methyl sites for hydroxylation is 2. The van der Waals surface area contributed by atoms with Gasteiger partial charge in [0.15, 0.2) is 0 Å². The van der Waals surface area contributed by atoms with Crippen LogP contribution in [0.25, 0.3) is 0 Å². The van der Waals surface area contributed by atoms with Crippen molar-refractivity contribution in [2.24, 2.45) is 5.92 Å². The molecule has 0 spiro atoms. The van der Waals surface area contributed by atoms with Gasteiger partial charge in [0.2, 0.25) is 0 Å². The average Bonchev–Trinajstić information content (AvgIpc) is 2.95. The van der Waals surface area contributed by atoms with Gasteiger partial charge in [-0.25, -0.2) is 4.79 Å². The molecule has 0 radical (unpaired) electrons. The van der Waals surface area contributed by atoms with Crippen molar-refractivity contribution in [1.29, 1.82) is 0 Å². The Kier molecular flexibility index (Phi) is 3.12. The Labute approximate surface area is 120 Å². The Morgan fingerprint density at radius 1 is 1.43 bits per heavy atom. The molecule has 1 aliphatic heterocycles. The Hall–Kier alpha value is -2.44. The zero-order chi connectivity index (χ0) is 15.1. The number of aromatic nitrogens is 4. The standard InChI is InChI=1S/C14H16N4O3/c1-8-3-4-17(13(19)12(8)14(20)21)6-10-5-11-16-15-9(2)18(11)7-10/h3-4,10H,5-7H2,1-2H3,(H,20,21). The highest BCUT2D eigenvalue weighted by atomic mass is 16.4. The Balaban J connectivity index is 1.86. The van der Waals surface area contributed by atoms with Gasteiger partial charge in [0.1, 0.15) is 17.2 Å². The van der Waals surface area contributed by atoms with Crippen LogP contribution in [-0.2, 0) is 19.5 Å². The van der Waals surface area contributed by atoms with E-state index in [0.29, 0.717) is 12.1 Å². The van der Waals surface area contributed by atoms with E-state index in [2.05, 4.69) is 10.2 Å². The summed E-state index contributed by atoms with van der Waals surface area (Å²) in [6.45, 7) is 4.79. The van der Waals surface area contributed by atoms with Crippen LogP contribution in [0.1, 0.15) is 27.6 Å². The van der Waals surface area contributed by atoms with Crippen LogP contribution in [-0.4, -0.2) is 30.4 Å². The predicted molar refractivity (Wildman–Crippen MR) is 74.4 cm³/mol. The monoisotopic (exact) mass is 288 g/mol.